The van der Waals surface area contributed by atoms with E-state index in [2.05, 4.69) is 21.2 Å². The number of hydrogen-bond donors (Lipinski definition) is 1. The molecular formula is C16H20BrFN2O3. The number of hydrogen-bond acceptors (Lipinski definition) is 4. The maximum Gasteiger partial charge on any atom is 0.309 e. The first-order valence-corrected chi connectivity index (χ1v) is 8.42. The van der Waals surface area contributed by atoms with Crippen LogP contribution in [0.15, 0.2) is 22.7 Å². The number of esters is 1. The largest absolute Gasteiger partial charge is 0.466 e. The van der Waals surface area contributed by atoms with Crippen LogP contribution in [0.25, 0.3) is 0 Å². The minimum Gasteiger partial charge on any atom is -0.466 e. The Labute approximate surface area is 143 Å². The number of nitrogens with one attached hydrogen (secondary N) is 1. The van der Waals surface area contributed by atoms with Crippen LogP contribution in [0.2, 0.25) is 0 Å². The van der Waals surface area contributed by atoms with Crippen molar-refractivity contribution in [3.05, 3.63) is 28.5 Å². The summed E-state index contributed by atoms with van der Waals surface area (Å²) >= 11 is 3.17. The zero-order valence-electron chi connectivity index (χ0n) is 13.0. The van der Waals surface area contributed by atoms with Crippen LogP contribution in [0.4, 0.5) is 10.1 Å². The van der Waals surface area contributed by atoms with Crippen LogP contribution >= 0.6 is 15.9 Å². The van der Waals surface area contributed by atoms with E-state index in [1.165, 1.54) is 12.1 Å². The van der Waals surface area contributed by atoms with Gasteiger partial charge in [-0.1, -0.05) is 15.9 Å². The summed E-state index contributed by atoms with van der Waals surface area (Å²) in [7, 11) is 0. The number of carbonyl (C=O) groups excluding carboxylic acids is 2. The maximum absolute atomic E-state index is 13.7. The van der Waals surface area contributed by atoms with Crippen molar-refractivity contribution >= 4 is 33.5 Å². The Kier molecular flexibility index (Phi) is 6.53. The lowest BCUT2D eigenvalue weighted by Gasteiger charge is -2.30. The number of carbonyl (C=O) groups is 2. The van der Waals surface area contributed by atoms with Gasteiger partial charge in [0, 0.05) is 4.47 Å². The lowest BCUT2D eigenvalue weighted by Crippen LogP contribution is -2.41. The van der Waals surface area contributed by atoms with Gasteiger partial charge in [0.15, 0.2) is 0 Å². The predicted octanol–water partition coefficient (Wildman–Crippen LogP) is 2.80. The zero-order valence-corrected chi connectivity index (χ0v) is 14.6. The topological polar surface area (TPSA) is 58.6 Å². The summed E-state index contributed by atoms with van der Waals surface area (Å²) in [6.45, 7) is 3.67. The maximum atomic E-state index is 13.7. The van der Waals surface area contributed by atoms with Gasteiger partial charge in [-0.25, -0.2) is 4.39 Å². The molecule has 0 saturated carbocycles. The number of piperidine rings is 1. The number of anilines is 1. The minimum absolute atomic E-state index is 0.0850. The summed E-state index contributed by atoms with van der Waals surface area (Å²) in [5, 5.41) is 2.57. The highest BCUT2D eigenvalue weighted by molar-refractivity contribution is 9.10. The van der Waals surface area contributed by atoms with E-state index >= 15 is 0 Å². The third-order valence-corrected chi connectivity index (χ3v) is 4.27. The van der Waals surface area contributed by atoms with Crippen molar-refractivity contribution in [3.8, 4) is 0 Å². The molecule has 23 heavy (non-hydrogen) atoms. The Balaban J connectivity index is 1.79. The molecular weight excluding hydrogens is 367 g/mol. The molecule has 1 aliphatic heterocycles. The number of benzene rings is 1. The van der Waals surface area contributed by atoms with Gasteiger partial charge in [-0.2, -0.15) is 0 Å². The fourth-order valence-corrected chi connectivity index (χ4v) is 2.90. The van der Waals surface area contributed by atoms with Crippen LogP contribution in [0, 0.1) is 11.7 Å². The van der Waals surface area contributed by atoms with Crippen molar-refractivity contribution in [1.29, 1.82) is 0 Å². The average Bonchev–Trinajstić information content (AvgIpc) is 2.51. The van der Waals surface area contributed by atoms with E-state index in [1.807, 2.05) is 4.90 Å². The number of ether oxygens (including phenoxy) is 1. The Bertz CT molecular complexity index is 574. The molecule has 1 aromatic rings. The molecule has 1 heterocycles. The normalized spacial score (nSPS) is 16.1. The summed E-state index contributed by atoms with van der Waals surface area (Å²) in [5.74, 6) is -0.985. The van der Waals surface area contributed by atoms with Gasteiger partial charge in [-0.3, -0.25) is 14.5 Å². The zero-order chi connectivity index (χ0) is 16.8. The highest BCUT2D eigenvalue weighted by atomic mass is 79.9. The highest BCUT2D eigenvalue weighted by Gasteiger charge is 2.26. The second-order valence-corrected chi connectivity index (χ2v) is 6.39. The third kappa shape index (κ3) is 5.28. The molecule has 1 fully saturated rings. The van der Waals surface area contributed by atoms with Crippen LogP contribution in [0.3, 0.4) is 0 Å². The Morgan fingerprint density at radius 1 is 1.39 bits per heavy atom. The molecule has 1 N–H and O–H groups in total. The first-order valence-electron chi connectivity index (χ1n) is 7.63. The van der Waals surface area contributed by atoms with Crippen molar-refractivity contribution in [3.63, 3.8) is 0 Å². The molecule has 5 nitrogen and oxygen atoms in total. The number of nitrogens with zero attached hydrogens (tertiary/aromatic N) is 1. The summed E-state index contributed by atoms with van der Waals surface area (Å²) in [4.78, 5) is 25.6. The van der Waals surface area contributed by atoms with Crippen molar-refractivity contribution < 1.29 is 18.7 Å². The van der Waals surface area contributed by atoms with Gasteiger partial charge in [0.1, 0.15) is 5.82 Å². The highest BCUT2D eigenvalue weighted by Crippen LogP contribution is 2.20. The molecule has 0 radical (unpaired) electrons. The predicted molar refractivity (Wildman–Crippen MR) is 88.5 cm³/mol. The second kappa shape index (κ2) is 8.40. The molecule has 0 aliphatic carbocycles. The molecule has 0 atom stereocenters. The lowest BCUT2D eigenvalue weighted by molar-refractivity contribution is -0.149. The molecule has 1 amide bonds. The van der Waals surface area contributed by atoms with Crippen molar-refractivity contribution in [2.45, 2.75) is 19.8 Å². The van der Waals surface area contributed by atoms with E-state index in [9.17, 15) is 14.0 Å². The van der Waals surface area contributed by atoms with E-state index in [1.54, 1.807) is 13.0 Å². The SMILES string of the molecule is CCOC(=O)C1CCN(CC(=O)Nc2ccc(Br)cc2F)CC1. The van der Waals surface area contributed by atoms with Gasteiger partial charge in [-0.15, -0.1) is 0 Å². The molecule has 0 spiro atoms. The Morgan fingerprint density at radius 3 is 2.70 bits per heavy atom. The molecule has 0 unspecified atom stereocenters. The molecule has 0 aromatic heterocycles. The number of rotatable bonds is 5. The Hall–Kier alpha value is -1.47. The summed E-state index contributed by atoms with van der Waals surface area (Å²) < 4.78 is 19.3. The number of amides is 1. The fraction of sp³-hybridized carbons (Fsp3) is 0.500. The Morgan fingerprint density at radius 2 is 2.09 bits per heavy atom. The van der Waals surface area contributed by atoms with Gasteiger partial charge >= 0.3 is 5.97 Å². The smallest absolute Gasteiger partial charge is 0.309 e. The molecule has 7 heteroatoms. The first kappa shape index (κ1) is 17.9. The molecule has 2 rings (SSSR count). The molecule has 1 saturated heterocycles. The molecule has 1 aromatic carbocycles. The van der Waals surface area contributed by atoms with Crippen LogP contribution in [0.1, 0.15) is 19.8 Å². The summed E-state index contributed by atoms with van der Waals surface area (Å²) in [6.07, 6.45) is 1.36. The monoisotopic (exact) mass is 386 g/mol. The first-order chi connectivity index (χ1) is 11.0. The second-order valence-electron chi connectivity index (χ2n) is 5.47. The summed E-state index contributed by atoms with van der Waals surface area (Å²) in [6, 6.07) is 4.49. The van der Waals surface area contributed by atoms with Crippen molar-refractivity contribution in [2.75, 3.05) is 31.6 Å². The molecule has 0 bridgehead atoms. The van der Waals surface area contributed by atoms with Crippen LogP contribution in [0.5, 0.6) is 0 Å². The number of likely N-dealkylation sites (tertiary alicyclic amines) is 1. The van der Waals surface area contributed by atoms with E-state index < -0.39 is 5.82 Å². The van der Waals surface area contributed by atoms with E-state index in [-0.39, 0.29) is 30.0 Å². The van der Waals surface area contributed by atoms with E-state index in [4.69, 9.17) is 4.74 Å². The number of halogens is 2. The fourth-order valence-electron chi connectivity index (χ4n) is 2.57. The van der Waals surface area contributed by atoms with Crippen molar-refractivity contribution in [1.82, 2.24) is 4.90 Å². The average molecular weight is 387 g/mol. The lowest BCUT2D eigenvalue weighted by atomic mass is 9.97. The van der Waals surface area contributed by atoms with E-state index in [0.717, 1.165) is 0 Å². The van der Waals surface area contributed by atoms with Crippen molar-refractivity contribution in [2.24, 2.45) is 5.92 Å². The van der Waals surface area contributed by atoms with Gasteiger partial charge in [0.25, 0.3) is 0 Å². The van der Waals surface area contributed by atoms with Gasteiger partial charge in [0.2, 0.25) is 5.91 Å². The molecule has 1 aliphatic rings. The third-order valence-electron chi connectivity index (χ3n) is 3.78. The van der Waals surface area contributed by atoms with Crippen LogP contribution < -0.4 is 5.32 Å². The van der Waals surface area contributed by atoms with E-state index in [0.29, 0.717) is 37.0 Å². The van der Waals surface area contributed by atoms with Crippen LogP contribution in [-0.2, 0) is 14.3 Å². The van der Waals surface area contributed by atoms with Gasteiger partial charge in [-0.05, 0) is 51.1 Å². The standard InChI is InChI=1S/C16H20BrFN2O3/c1-2-23-16(22)11-5-7-20(8-6-11)10-15(21)19-14-4-3-12(17)9-13(14)18/h3-4,9,11H,2,5-8,10H2,1H3,(H,19,21). The summed E-state index contributed by atoms with van der Waals surface area (Å²) in [5.41, 5.74) is 0.166. The molecule has 126 valence electrons. The van der Waals surface area contributed by atoms with Gasteiger partial charge < -0.3 is 10.1 Å². The quantitative estimate of drug-likeness (QED) is 0.790. The van der Waals surface area contributed by atoms with Gasteiger partial charge in [0.05, 0.1) is 24.8 Å². The van der Waals surface area contributed by atoms with Crippen LogP contribution in [-0.4, -0.2) is 43.0 Å². The minimum atomic E-state index is -0.478.